The summed E-state index contributed by atoms with van der Waals surface area (Å²) >= 11 is 0. The molecule has 1 atom stereocenters. The molecule has 0 bridgehead atoms. The topological polar surface area (TPSA) is 83.6 Å². The van der Waals surface area contributed by atoms with E-state index in [-0.39, 0.29) is 6.32 Å². The van der Waals surface area contributed by atoms with Gasteiger partial charge in [0.1, 0.15) is 6.29 Å². The van der Waals surface area contributed by atoms with Crippen LogP contribution in [0.1, 0.15) is 0 Å². The molecule has 0 fully saturated rings. The number of hydrogen-bond donors (Lipinski definition) is 3. The van der Waals surface area contributed by atoms with Gasteiger partial charge in [0.15, 0.2) is 0 Å². The smallest absolute Gasteiger partial charge is 0.427 e. The largest absolute Gasteiger partial charge is 0.453 e. The van der Waals surface area contributed by atoms with Crippen LogP contribution >= 0.6 is 0 Å². The fourth-order valence-electron chi connectivity index (χ4n) is 0.299. The Bertz CT molecular complexity index is 76.9. The first kappa shape index (κ1) is 7.61. The molecule has 0 spiro atoms. The number of carbonyl (C=O) groups excluding carboxylic acids is 1. The first-order valence-electron chi connectivity index (χ1n) is 2.24. The molecule has 4 N–H and O–H groups in total. The average Bonchev–Trinajstić information content (AvgIpc) is 1.65. The van der Waals surface area contributed by atoms with Gasteiger partial charge in [0, 0.05) is 6.32 Å². The highest BCUT2D eigenvalue weighted by atomic mass is 16.4. The first-order chi connectivity index (χ1) is 3.66. The maximum Gasteiger partial charge on any atom is 0.453 e. The zero-order valence-corrected chi connectivity index (χ0v) is 4.32. The van der Waals surface area contributed by atoms with E-state index in [1.54, 1.807) is 0 Å². The normalized spacial score (nSPS) is 12.9. The van der Waals surface area contributed by atoms with Crippen LogP contribution in [0.15, 0.2) is 0 Å². The lowest BCUT2D eigenvalue weighted by molar-refractivity contribution is -0.108. The van der Waals surface area contributed by atoms with E-state index in [1.165, 1.54) is 0 Å². The van der Waals surface area contributed by atoms with Gasteiger partial charge in [-0.3, -0.25) is 0 Å². The third-order valence-corrected chi connectivity index (χ3v) is 0.658. The Morgan fingerprint density at radius 3 is 2.38 bits per heavy atom. The SMILES string of the molecule is N[C@H](C=O)CB(O)O. The second kappa shape index (κ2) is 3.60. The summed E-state index contributed by atoms with van der Waals surface area (Å²) in [5.41, 5.74) is 4.99. The predicted molar refractivity (Wildman–Crippen MR) is 29.0 cm³/mol. The third kappa shape index (κ3) is 3.79. The van der Waals surface area contributed by atoms with E-state index < -0.39 is 13.2 Å². The molecule has 0 aromatic carbocycles. The molecule has 0 heterocycles. The van der Waals surface area contributed by atoms with Gasteiger partial charge in [-0.25, -0.2) is 0 Å². The van der Waals surface area contributed by atoms with Crippen molar-refractivity contribution < 1.29 is 14.8 Å². The van der Waals surface area contributed by atoms with Crippen molar-refractivity contribution >= 4 is 13.4 Å². The monoisotopic (exact) mass is 117 g/mol. The van der Waals surface area contributed by atoms with Gasteiger partial charge in [-0.15, -0.1) is 0 Å². The molecule has 0 rings (SSSR count). The van der Waals surface area contributed by atoms with Crippen molar-refractivity contribution in [2.45, 2.75) is 12.4 Å². The molecule has 0 aromatic heterocycles. The summed E-state index contributed by atoms with van der Waals surface area (Å²) in [5.74, 6) is 0. The molecule has 4 nitrogen and oxygen atoms in total. The van der Waals surface area contributed by atoms with Gasteiger partial charge >= 0.3 is 7.12 Å². The van der Waals surface area contributed by atoms with Gasteiger partial charge in [0.25, 0.3) is 0 Å². The molecule has 0 saturated heterocycles. The number of nitrogens with two attached hydrogens (primary N) is 1. The number of rotatable bonds is 3. The summed E-state index contributed by atoms with van der Waals surface area (Å²) in [4.78, 5) is 9.69. The fraction of sp³-hybridized carbons (Fsp3) is 0.667. The van der Waals surface area contributed by atoms with E-state index >= 15 is 0 Å². The molecule has 0 aromatic rings. The van der Waals surface area contributed by atoms with Crippen LogP contribution in [0.3, 0.4) is 0 Å². The Kier molecular flexibility index (Phi) is 3.42. The molecule has 46 valence electrons. The maximum atomic E-state index is 9.69. The minimum Gasteiger partial charge on any atom is -0.427 e. The molecule has 0 radical (unpaired) electrons. The summed E-state index contributed by atoms with van der Waals surface area (Å²) in [5, 5.41) is 16.3. The molecule has 0 aliphatic carbocycles. The quantitative estimate of drug-likeness (QED) is 0.294. The second-order valence-corrected chi connectivity index (χ2v) is 1.52. The highest BCUT2D eigenvalue weighted by Crippen LogP contribution is 1.85. The molecular formula is C3H8BNO3. The van der Waals surface area contributed by atoms with E-state index in [1.807, 2.05) is 0 Å². The summed E-state index contributed by atoms with van der Waals surface area (Å²) in [6.45, 7) is 0. The third-order valence-electron chi connectivity index (χ3n) is 0.658. The van der Waals surface area contributed by atoms with E-state index in [0.29, 0.717) is 6.29 Å². The lowest BCUT2D eigenvalue weighted by Gasteiger charge is -1.98. The van der Waals surface area contributed by atoms with Gasteiger partial charge < -0.3 is 20.6 Å². The molecule has 0 saturated carbocycles. The summed E-state index contributed by atoms with van der Waals surface area (Å²) < 4.78 is 0. The first-order valence-corrected chi connectivity index (χ1v) is 2.24. The van der Waals surface area contributed by atoms with Gasteiger partial charge in [0.2, 0.25) is 0 Å². The van der Waals surface area contributed by atoms with Crippen molar-refractivity contribution in [2.75, 3.05) is 0 Å². The number of carbonyl (C=O) groups is 1. The standard InChI is InChI=1S/C3H8BNO3/c5-3(2-6)1-4(7)8/h2-3,7-8H,1,5H2/t3-/m0/s1. The summed E-state index contributed by atoms with van der Waals surface area (Å²) in [6.07, 6.45) is 0.378. The highest BCUT2D eigenvalue weighted by molar-refractivity contribution is 6.41. The van der Waals surface area contributed by atoms with Crippen LogP contribution < -0.4 is 5.73 Å². The van der Waals surface area contributed by atoms with E-state index in [2.05, 4.69) is 0 Å². The minimum absolute atomic E-state index is 0.0938. The van der Waals surface area contributed by atoms with Crippen LogP contribution in [-0.4, -0.2) is 29.5 Å². The van der Waals surface area contributed by atoms with E-state index in [4.69, 9.17) is 15.8 Å². The predicted octanol–water partition coefficient (Wildman–Crippen LogP) is -2.01. The van der Waals surface area contributed by atoms with Crippen LogP contribution in [0, 0.1) is 0 Å². The number of aldehydes is 1. The van der Waals surface area contributed by atoms with Crippen molar-refractivity contribution in [3.05, 3.63) is 0 Å². The zero-order chi connectivity index (χ0) is 6.57. The van der Waals surface area contributed by atoms with Crippen LogP contribution in [0.25, 0.3) is 0 Å². The lowest BCUT2D eigenvalue weighted by atomic mass is 9.83. The van der Waals surface area contributed by atoms with Gasteiger partial charge in [-0.2, -0.15) is 0 Å². The van der Waals surface area contributed by atoms with Crippen molar-refractivity contribution in [2.24, 2.45) is 5.73 Å². The Labute approximate surface area is 47.5 Å². The van der Waals surface area contributed by atoms with Crippen LogP contribution in [0.4, 0.5) is 0 Å². The van der Waals surface area contributed by atoms with Crippen molar-refractivity contribution in [3.8, 4) is 0 Å². The summed E-state index contributed by atoms with van der Waals surface area (Å²) in [7, 11) is -1.48. The molecular weight excluding hydrogens is 109 g/mol. The highest BCUT2D eigenvalue weighted by Gasteiger charge is 2.11. The van der Waals surface area contributed by atoms with Crippen molar-refractivity contribution in [1.29, 1.82) is 0 Å². The maximum absolute atomic E-state index is 9.69. The Morgan fingerprint density at radius 1 is 1.75 bits per heavy atom. The molecule has 0 aliphatic heterocycles. The van der Waals surface area contributed by atoms with Gasteiger partial charge in [-0.1, -0.05) is 0 Å². The Balaban J connectivity index is 3.23. The van der Waals surface area contributed by atoms with Crippen LogP contribution in [-0.2, 0) is 4.79 Å². The molecule has 0 aliphatic rings. The van der Waals surface area contributed by atoms with E-state index in [0.717, 1.165) is 0 Å². The van der Waals surface area contributed by atoms with Crippen LogP contribution in [0.2, 0.25) is 6.32 Å². The van der Waals surface area contributed by atoms with Gasteiger partial charge in [0.05, 0.1) is 6.04 Å². The zero-order valence-electron chi connectivity index (χ0n) is 4.32. The average molecular weight is 117 g/mol. The number of hydrogen-bond acceptors (Lipinski definition) is 4. The molecule has 0 unspecified atom stereocenters. The van der Waals surface area contributed by atoms with Gasteiger partial charge in [-0.05, 0) is 0 Å². The fourth-order valence-corrected chi connectivity index (χ4v) is 0.299. The molecule has 5 heteroatoms. The minimum atomic E-state index is -1.48. The summed E-state index contributed by atoms with van der Waals surface area (Å²) in [6, 6.07) is -0.755. The Morgan fingerprint density at radius 2 is 2.25 bits per heavy atom. The second-order valence-electron chi connectivity index (χ2n) is 1.52. The molecule has 0 amide bonds. The van der Waals surface area contributed by atoms with Crippen LogP contribution in [0.5, 0.6) is 0 Å². The lowest BCUT2D eigenvalue weighted by Crippen LogP contribution is -2.28. The van der Waals surface area contributed by atoms with E-state index in [9.17, 15) is 4.79 Å². The van der Waals surface area contributed by atoms with Crippen molar-refractivity contribution in [3.63, 3.8) is 0 Å². The molecule has 8 heavy (non-hydrogen) atoms. The van der Waals surface area contributed by atoms with Crippen molar-refractivity contribution in [1.82, 2.24) is 0 Å². The Hall–Kier alpha value is -0.385.